The second-order valence-electron chi connectivity index (χ2n) is 5.88. The van der Waals surface area contributed by atoms with E-state index in [-0.39, 0.29) is 11.9 Å². The highest BCUT2D eigenvalue weighted by Gasteiger charge is 2.21. The van der Waals surface area contributed by atoms with Crippen LogP contribution in [-0.2, 0) is 4.74 Å². The van der Waals surface area contributed by atoms with Crippen LogP contribution in [0.4, 0.5) is 4.39 Å². The number of esters is 1. The van der Waals surface area contributed by atoms with E-state index in [9.17, 15) is 9.18 Å². The van der Waals surface area contributed by atoms with Crippen molar-refractivity contribution in [2.75, 3.05) is 7.11 Å². The van der Waals surface area contributed by atoms with Gasteiger partial charge in [0.15, 0.2) is 5.65 Å². The summed E-state index contributed by atoms with van der Waals surface area (Å²) < 4.78 is 19.9. The van der Waals surface area contributed by atoms with Crippen molar-refractivity contribution in [3.05, 3.63) is 47.4 Å². The number of carbonyl (C=O) groups excluding carboxylic acids is 1. The number of aromatic nitrogens is 3. The zero-order valence-electron chi connectivity index (χ0n) is 14.0. The van der Waals surface area contributed by atoms with E-state index in [0.29, 0.717) is 22.3 Å². The topological polar surface area (TPSA) is 57.0 Å². The maximum absolute atomic E-state index is 13.2. The first-order valence-electron chi connectivity index (χ1n) is 7.66. The van der Waals surface area contributed by atoms with Crippen LogP contribution >= 0.6 is 0 Å². The van der Waals surface area contributed by atoms with Crippen LogP contribution in [0, 0.1) is 12.7 Å². The van der Waals surface area contributed by atoms with Gasteiger partial charge in [0.05, 0.1) is 29.4 Å². The first kappa shape index (κ1) is 16.1. The van der Waals surface area contributed by atoms with Gasteiger partial charge in [-0.25, -0.2) is 18.9 Å². The molecule has 0 unspecified atom stereocenters. The molecule has 2 aromatic heterocycles. The van der Waals surface area contributed by atoms with Crippen molar-refractivity contribution < 1.29 is 13.9 Å². The van der Waals surface area contributed by atoms with Crippen molar-refractivity contribution in [2.24, 2.45) is 0 Å². The third-order valence-electron chi connectivity index (χ3n) is 3.87. The van der Waals surface area contributed by atoms with E-state index in [0.717, 1.165) is 11.3 Å². The molecule has 6 heteroatoms. The van der Waals surface area contributed by atoms with Crippen molar-refractivity contribution in [2.45, 2.75) is 26.8 Å². The van der Waals surface area contributed by atoms with E-state index in [1.165, 1.54) is 19.2 Å². The summed E-state index contributed by atoms with van der Waals surface area (Å²) in [5.41, 5.74) is 3.04. The average Bonchev–Trinajstić information content (AvgIpc) is 2.91. The monoisotopic (exact) mass is 327 g/mol. The molecule has 0 fully saturated rings. The van der Waals surface area contributed by atoms with Crippen LogP contribution in [-0.4, -0.2) is 27.8 Å². The summed E-state index contributed by atoms with van der Waals surface area (Å²) in [4.78, 5) is 16.9. The fourth-order valence-corrected chi connectivity index (χ4v) is 2.71. The maximum Gasteiger partial charge on any atom is 0.338 e. The highest BCUT2D eigenvalue weighted by atomic mass is 19.1. The van der Waals surface area contributed by atoms with E-state index < -0.39 is 5.97 Å². The quantitative estimate of drug-likeness (QED) is 0.684. The molecule has 3 aromatic rings. The fraction of sp³-hybridized carbons (Fsp3) is 0.278. The van der Waals surface area contributed by atoms with Crippen molar-refractivity contribution in [3.8, 4) is 11.3 Å². The number of pyridine rings is 1. The molecule has 0 saturated heterocycles. The summed E-state index contributed by atoms with van der Waals surface area (Å²) in [6.07, 6.45) is 0. The Bertz CT molecular complexity index is 914. The van der Waals surface area contributed by atoms with Crippen molar-refractivity contribution in [1.82, 2.24) is 14.8 Å². The molecule has 1 aromatic carbocycles. The van der Waals surface area contributed by atoms with E-state index in [1.54, 1.807) is 22.9 Å². The van der Waals surface area contributed by atoms with Crippen molar-refractivity contribution in [3.63, 3.8) is 0 Å². The fourth-order valence-electron chi connectivity index (χ4n) is 2.71. The maximum atomic E-state index is 13.2. The number of hydrogen-bond donors (Lipinski definition) is 0. The second-order valence-corrected chi connectivity index (χ2v) is 5.88. The van der Waals surface area contributed by atoms with E-state index in [4.69, 9.17) is 4.74 Å². The number of nitrogens with zero attached hydrogens (tertiary/aromatic N) is 3. The lowest BCUT2D eigenvalue weighted by Gasteiger charge is -2.10. The number of ether oxygens (including phenoxy) is 1. The molecule has 124 valence electrons. The lowest BCUT2D eigenvalue weighted by atomic mass is 10.1. The Hall–Kier alpha value is -2.76. The van der Waals surface area contributed by atoms with Crippen LogP contribution in [0.3, 0.4) is 0 Å². The molecule has 0 saturated carbocycles. The number of aryl methyl sites for hydroxylation is 1. The van der Waals surface area contributed by atoms with Gasteiger partial charge < -0.3 is 4.74 Å². The first-order valence-corrected chi connectivity index (χ1v) is 7.66. The highest BCUT2D eigenvalue weighted by molar-refractivity contribution is 6.04. The van der Waals surface area contributed by atoms with Crippen LogP contribution in [0.25, 0.3) is 22.3 Å². The first-order chi connectivity index (χ1) is 11.4. The Kier molecular flexibility index (Phi) is 4.05. The summed E-state index contributed by atoms with van der Waals surface area (Å²) in [7, 11) is 1.34. The number of carbonyl (C=O) groups is 1. The molecule has 0 amide bonds. The van der Waals surface area contributed by atoms with E-state index >= 15 is 0 Å². The Morgan fingerprint density at radius 2 is 1.92 bits per heavy atom. The summed E-state index contributed by atoms with van der Waals surface area (Å²) in [6.45, 7) is 5.83. The SMILES string of the molecule is COC(=O)c1cc(-c2ccc(F)cc2)nc2c1c(C)nn2C(C)C. The zero-order chi connectivity index (χ0) is 17.4. The Morgan fingerprint density at radius 1 is 1.25 bits per heavy atom. The van der Waals surface area contributed by atoms with E-state index in [2.05, 4.69) is 10.1 Å². The summed E-state index contributed by atoms with van der Waals surface area (Å²) >= 11 is 0. The molecule has 0 aliphatic rings. The third-order valence-corrected chi connectivity index (χ3v) is 3.87. The Morgan fingerprint density at radius 3 is 2.50 bits per heavy atom. The minimum atomic E-state index is -0.447. The molecule has 0 N–H and O–H groups in total. The third kappa shape index (κ3) is 2.64. The zero-order valence-corrected chi connectivity index (χ0v) is 14.0. The summed E-state index contributed by atoms with van der Waals surface area (Å²) in [5.74, 6) is -0.770. The highest BCUT2D eigenvalue weighted by Crippen LogP contribution is 2.29. The molecule has 0 aliphatic carbocycles. The van der Waals surface area contributed by atoms with Gasteiger partial charge in [0.1, 0.15) is 5.82 Å². The number of halogens is 1. The molecular formula is C18H18FN3O2. The average molecular weight is 327 g/mol. The minimum Gasteiger partial charge on any atom is -0.465 e. The lowest BCUT2D eigenvalue weighted by Crippen LogP contribution is -2.06. The smallest absolute Gasteiger partial charge is 0.338 e. The molecule has 24 heavy (non-hydrogen) atoms. The number of methoxy groups -OCH3 is 1. The normalized spacial score (nSPS) is 11.2. The molecule has 0 bridgehead atoms. The Labute approximate surface area is 139 Å². The number of rotatable bonds is 3. The molecule has 2 heterocycles. The summed E-state index contributed by atoms with van der Waals surface area (Å²) in [5, 5.41) is 5.18. The van der Waals surface area contributed by atoms with Crippen molar-refractivity contribution in [1.29, 1.82) is 0 Å². The van der Waals surface area contributed by atoms with E-state index in [1.807, 2.05) is 20.8 Å². The van der Waals surface area contributed by atoms with Gasteiger partial charge in [-0.15, -0.1) is 0 Å². The van der Waals surface area contributed by atoms with Gasteiger partial charge in [0.2, 0.25) is 0 Å². The van der Waals surface area contributed by atoms with Gasteiger partial charge in [-0.3, -0.25) is 0 Å². The number of fused-ring (bicyclic) bond motifs is 1. The predicted octanol–water partition coefficient (Wildman–Crippen LogP) is 3.91. The summed E-state index contributed by atoms with van der Waals surface area (Å²) in [6, 6.07) is 7.75. The molecule has 0 aliphatic heterocycles. The van der Waals surface area contributed by atoms with Crippen LogP contribution in [0.5, 0.6) is 0 Å². The molecule has 5 nitrogen and oxygen atoms in total. The standard InChI is InChI=1S/C18H18FN3O2/c1-10(2)22-17-16(11(3)21-22)14(18(23)24-4)9-15(20-17)12-5-7-13(19)8-6-12/h5-10H,1-4H3. The molecule has 0 atom stereocenters. The lowest BCUT2D eigenvalue weighted by molar-refractivity contribution is 0.0603. The Balaban J connectivity index is 2.34. The molecular weight excluding hydrogens is 309 g/mol. The predicted molar refractivity (Wildman–Crippen MR) is 89.4 cm³/mol. The van der Waals surface area contributed by atoms with Crippen LogP contribution in [0.2, 0.25) is 0 Å². The molecule has 0 radical (unpaired) electrons. The van der Waals surface area contributed by atoms with Gasteiger partial charge in [-0.2, -0.15) is 5.10 Å². The molecule has 0 spiro atoms. The van der Waals surface area contributed by atoms with Crippen LogP contribution in [0.15, 0.2) is 30.3 Å². The number of hydrogen-bond acceptors (Lipinski definition) is 4. The minimum absolute atomic E-state index is 0.0858. The molecule has 3 rings (SSSR count). The van der Waals surface area contributed by atoms with Gasteiger partial charge in [0.25, 0.3) is 0 Å². The van der Waals surface area contributed by atoms with Gasteiger partial charge in [0, 0.05) is 11.6 Å². The van der Waals surface area contributed by atoms with Crippen molar-refractivity contribution >= 4 is 17.0 Å². The number of benzene rings is 1. The van der Waals surface area contributed by atoms with Gasteiger partial charge in [-0.05, 0) is 51.1 Å². The largest absolute Gasteiger partial charge is 0.465 e. The van der Waals surface area contributed by atoms with Crippen LogP contribution < -0.4 is 0 Å². The second kappa shape index (κ2) is 6.03. The van der Waals surface area contributed by atoms with Gasteiger partial charge in [-0.1, -0.05) is 0 Å². The van der Waals surface area contributed by atoms with Crippen LogP contribution in [0.1, 0.15) is 35.9 Å². The van der Waals surface area contributed by atoms with Gasteiger partial charge >= 0.3 is 5.97 Å².